The van der Waals surface area contributed by atoms with E-state index in [9.17, 15) is 9.59 Å². The molecular weight excluding hydrogens is 202 g/mol. The first kappa shape index (κ1) is 10.4. The van der Waals surface area contributed by atoms with E-state index in [1.54, 1.807) is 0 Å². The number of carbonyl (C=O) groups excluding carboxylic acids is 1. The summed E-state index contributed by atoms with van der Waals surface area (Å²) >= 11 is 4.58. The number of ketones is 1. The summed E-state index contributed by atoms with van der Waals surface area (Å²) in [6.07, 6.45) is 1.34. The molecule has 0 atom stereocenters. The van der Waals surface area contributed by atoms with Crippen molar-refractivity contribution in [2.45, 2.75) is 6.92 Å². The van der Waals surface area contributed by atoms with E-state index in [0.29, 0.717) is 5.56 Å². The lowest BCUT2D eigenvalue weighted by molar-refractivity contribution is 0.101. The van der Waals surface area contributed by atoms with E-state index < -0.39 is 0 Å². The highest BCUT2D eigenvalue weighted by Gasteiger charge is 2.04. The van der Waals surface area contributed by atoms with Crippen molar-refractivity contribution in [1.82, 2.24) is 4.98 Å². The van der Waals surface area contributed by atoms with Crippen molar-refractivity contribution in [3.63, 3.8) is 0 Å². The van der Waals surface area contributed by atoms with Gasteiger partial charge in [0.25, 0.3) is 5.56 Å². The van der Waals surface area contributed by atoms with Crippen LogP contribution >= 0.6 is 12.2 Å². The molecule has 4 N–H and O–H groups in total. The van der Waals surface area contributed by atoms with Crippen LogP contribution < -0.4 is 16.6 Å². The molecule has 74 valence electrons. The molecule has 0 spiro atoms. The lowest BCUT2D eigenvalue weighted by atomic mass is 10.2. The number of aromatic amines is 1. The lowest BCUT2D eigenvalue weighted by Gasteiger charge is -2.03. The monoisotopic (exact) mass is 211 g/mol. The van der Waals surface area contributed by atoms with Crippen LogP contribution in [0, 0.1) is 0 Å². The van der Waals surface area contributed by atoms with Gasteiger partial charge in [0.05, 0.1) is 0 Å². The molecule has 0 unspecified atom stereocenters. The van der Waals surface area contributed by atoms with Crippen molar-refractivity contribution in [2.24, 2.45) is 5.73 Å². The largest absolute Gasteiger partial charge is 0.376 e. The van der Waals surface area contributed by atoms with Gasteiger partial charge in [0.1, 0.15) is 5.69 Å². The van der Waals surface area contributed by atoms with Crippen LogP contribution in [0.5, 0.6) is 0 Å². The van der Waals surface area contributed by atoms with Gasteiger partial charge in [0, 0.05) is 11.8 Å². The van der Waals surface area contributed by atoms with Gasteiger partial charge in [0.15, 0.2) is 10.9 Å². The number of Topliss-reactive ketones (excluding diaryl/α,β-unsaturated/α-hetero) is 1. The average Bonchev–Trinajstić information content (AvgIpc) is 2.07. The molecule has 0 bridgehead atoms. The Labute approximate surface area is 85.3 Å². The highest BCUT2D eigenvalue weighted by atomic mass is 32.1. The first-order valence-electron chi connectivity index (χ1n) is 3.81. The molecule has 0 amide bonds. The number of H-pyrrole nitrogens is 1. The summed E-state index contributed by atoms with van der Waals surface area (Å²) in [5.74, 6) is -0.146. The maximum atomic E-state index is 11.2. The third-order valence-corrected chi connectivity index (χ3v) is 1.67. The minimum absolute atomic E-state index is 0.0174. The van der Waals surface area contributed by atoms with Crippen LogP contribution in [0.25, 0.3) is 0 Å². The zero-order valence-corrected chi connectivity index (χ0v) is 8.27. The van der Waals surface area contributed by atoms with Crippen molar-refractivity contribution in [3.05, 3.63) is 28.2 Å². The van der Waals surface area contributed by atoms with Crippen molar-refractivity contribution < 1.29 is 4.79 Å². The number of nitrogens with two attached hydrogens (primary N) is 1. The summed E-state index contributed by atoms with van der Waals surface area (Å²) < 4.78 is 0. The predicted octanol–water partition coefficient (Wildman–Crippen LogP) is 0.233. The van der Waals surface area contributed by atoms with Gasteiger partial charge in [-0.05, 0) is 25.2 Å². The molecule has 5 nitrogen and oxygen atoms in total. The number of thiocarbonyl (C=S) groups is 1. The Morgan fingerprint density at radius 1 is 1.64 bits per heavy atom. The van der Waals surface area contributed by atoms with Gasteiger partial charge in [-0.3, -0.25) is 9.59 Å². The molecule has 0 radical (unpaired) electrons. The molecule has 0 saturated heterocycles. The molecule has 1 aromatic heterocycles. The maximum Gasteiger partial charge on any atom is 0.271 e. The Balaban J connectivity index is 3.15. The van der Waals surface area contributed by atoms with Gasteiger partial charge >= 0.3 is 0 Å². The molecule has 0 saturated carbocycles. The third-order valence-electron chi connectivity index (χ3n) is 1.57. The number of pyridine rings is 1. The highest BCUT2D eigenvalue weighted by Crippen LogP contribution is 2.03. The van der Waals surface area contributed by atoms with E-state index in [2.05, 4.69) is 22.5 Å². The Hall–Kier alpha value is -1.69. The topological polar surface area (TPSA) is 88.0 Å². The minimum atomic E-state index is -0.372. The van der Waals surface area contributed by atoms with Crippen molar-refractivity contribution >= 4 is 28.8 Å². The Bertz CT molecular complexity index is 438. The Morgan fingerprint density at radius 3 is 2.79 bits per heavy atom. The number of rotatable bonds is 2. The average molecular weight is 211 g/mol. The van der Waals surface area contributed by atoms with Gasteiger partial charge in [-0.15, -0.1) is 0 Å². The van der Waals surface area contributed by atoms with Crippen LogP contribution in [0.15, 0.2) is 17.1 Å². The zero-order valence-electron chi connectivity index (χ0n) is 7.46. The number of hydrogen-bond acceptors (Lipinski definition) is 3. The van der Waals surface area contributed by atoms with Crippen LogP contribution in [0.2, 0.25) is 0 Å². The number of nitrogens with one attached hydrogen (secondary N) is 2. The fourth-order valence-corrected chi connectivity index (χ4v) is 1.02. The highest BCUT2D eigenvalue weighted by molar-refractivity contribution is 7.80. The molecular formula is C8H9N3O2S. The first-order chi connectivity index (χ1) is 6.50. The van der Waals surface area contributed by atoms with Crippen molar-refractivity contribution in [3.8, 4) is 0 Å². The normalized spacial score (nSPS) is 9.50. The third kappa shape index (κ3) is 2.40. The molecule has 0 aliphatic carbocycles. The van der Waals surface area contributed by atoms with Gasteiger partial charge in [0.2, 0.25) is 0 Å². The fourth-order valence-electron chi connectivity index (χ4n) is 0.913. The maximum absolute atomic E-state index is 11.2. The smallest absolute Gasteiger partial charge is 0.271 e. The number of aromatic nitrogens is 1. The van der Waals surface area contributed by atoms with Crippen LogP contribution in [0.4, 0.5) is 5.69 Å². The quantitative estimate of drug-likeness (QED) is 0.481. The molecule has 1 rings (SSSR count). The summed E-state index contributed by atoms with van der Waals surface area (Å²) in [4.78, 5) is 24.6. The van der Waals surface area contributed by atoms with Gasteiger partial charge < -0.3 is 16.0 Å². The van der Waals surface area contributed by atoms with Gasteiger partial charge in [-0.25, -0.2) is 0 Å². The van der Waals surface area contributed by atoms with E-state index in [4.69, 9.17) is 5.73 Å². The number of anilines is 1. The summed E-state index contributed by atoms with van der Waals surface area (Å²) in [6.45, 7) is 1.40. The van der Waals surface area contributed by atoms with E-state index >= 15 is 0 Å². The summed E-state index contributed by atoms with van der Waals surface area (Å²) in [7, 11) is 0. The second-order valence-corrected chi connectivity index (χ2v) is 3.12. The Morgan fingerprint density at radius 2 is 2.29 bits per heavy atom. The van der Waals surface area contributed by atoms with Crippen LogP contribution in [-0.2, 0) is 0 Å². The number of hydrogen-bond donors (Lipinski definition) is 3. The predicted molar refractivity (Wildman–Crippen MR) is 57.5 cm³/mol. The molecule has 1 heterocycles. The van der Waals surface area contributed by atoms with E-state index in [0.717, 1.165) is 0 Å². The molecule has 6 heteroatoms. The van der Waals surface area contributed by atoms with E-state index in [1.165, 1.54) is 19.2 Å². The molecule has 0 aromatic carbocycles. The fraction of sp³-hybridized carbons (Fsp3) is 0.125. The SMILES string of the molecule is CC(=O)c1c[nH]c(=O)c(NC(N)=S)c1. The Kier molecular flexibility index (Phi) is 2.98. The molecule has 14 heavy (non-hydrogen) atoms. The summed E-state index contributed by atoms with van der Waals surface area (Å²) in [6, 6.07) is 1.40. The van der Waals surface area contributed by atoms with Crippen molar-refractivity contribution in [2.75, 3.05) is 5.32 Å². The van der Waals surface area contributed by atoms with Gasteiger partial charge in [-0.2, -0.15) is 0 Å². The molecule has 1 aromatic rings. The minimum Gasteiger partial charge on any atom is -0.376 e. The van der Waals surface area contributed by atoms with Gasteiger partial charge in [-0.1, -0.05) is 0 Å². The van der Waals surface area contributed by atoms with Crippen LogP contribution in [0.1, 0.15) is 17.3 Å². The van der Waals surface area contributed by atoms with Crippen LogP contribution in [0.3, 0.4) is 0 Å². The first-order valence-corrected chi connectivity index (χ1v) is 4.21. The molecule has 0 fully saturated rings. The molecule has 0 aliphatic heterocycles. The second-order valence-electron chi connectivity index (χ2n) is 2.68. The number of carbonyl (C=O) groups is 1. The van der Waals surface area contributed by atoms with Crippen molar-refractivity contribution in [1.29, 1.82) is 0 Å². The summed E-state index contributed by atoms with van der Waals surface area (Å²) in [5, 5.41) is 2.46. The van der Waals surface area contributed by atoms with E-state index in [-0.39, 0.29) is 22.1 Å². The zero-order chi connectivity index (χ0) is 10.7. The second kappa shape index (κ2) is 4.01. The van der Waals surface area contributed by atoms with Crippen LogP contribution in [-0.4, -0.2) is 15.9 Å². The molecule has 0 aliphatic rings. The standard InChI is InChI=1S/C8H9N3O2S/c1-4(12)5-2-6(11-8(9)14)7(13)10-3-5/h2-3H,1H3,(H,10,13)(H3,9,11,14). The van der Waals surface area contributed by atoms with E-state index in [1.807, 2.05) is 0 Å². The summed E-state index contributed by atoms with van der Waals surface area (Å²) in [5.41, 5.74) is 5.39. The lowest BCUT2D eigenvalue weighted by Crippen LogP contribution is -2.24.